The fraction of sp³-hybridized carbons (Fsp3) is 0. The second-order valence-corrected chi connectivity index (χ2v) is 3.47. The average molecular weight is 221 g/mol. The van der Waals surface area contributed by atoms with Gasteiger partial charge in [0.25, 0.3) is 0 Å². The summed E-state index contributed by atoms with van der Waals surface area (Å²) in [5, 5.41) is 8.42. The summed E-state index contributed by atoms with van der Waals surface area (Å²) < 4.78 is 4.93. The third-order valence-corrected chi connectivity index (χ3v) is 2.37. The highest BCUT2D eigenvalue weighted by Gasteiger charge is 2.08. The van der Waals surface area contributed by atoms with Crippen molar-refractivity contribution in [2.24, 2.45) is 0 Å². The maximum absolute atomic E-state index is 11.0. The lowest BCUT2D eigenvalue weighted by atomic mass is 10.4. The van der Waals surface area contributed by atoms with E-state index >= 15 is 0 Å². The Balaban J connectivity index is 2.17. The third kappa shape index (κ3) is 2.10. The molecule has 2 aromatic heterocycles. The van der Waals surface area contributed by atoms with Crippen molar-refractivity contribution < 1.29 is 9.32 Å². The van der Waals surface area contributed by atoms with E-state index in [1.54, 1.807) is 11.4 Å². The van der Waals surface area contributed by atoms with E-state index in [0.717, 1.165) is 0 Å². The molecule has 0 aliphatic carbocycles. The number of rotatable bonds is 3. The summed E-state index contributed by atoms with van der Waals surface area (Å²) in [6.45, 7) is 3.35. The monoisotopic (exact) mass is 221 g/mol. The van der Waals surface area contributed by atoms with Crippen LogP contribution in [0.3, 0.4) is 0 Å². The van der Waals surface area contributed by atoms with Crippen LogP contribution in [0.4, 0.5) is 5.13 Å². The molecule has 0 aliphatic rings. The van der Waals surface area contributed by atoms with E-state index in [-0.39, 0.29) is 5.91 Å². The lowest BCUT2D eigenvalue weighted by Gasteiger charge is -1.93. The summed E-state index contributed by atoms with van der Waals surface area (Å²) in [5.74, 6) is 0.291. The Hall–Kier alpha value is -1.95. The normalized spacial score (nSPS) is 9.87. The van der Waals surface area contributed by atoms with Crippen LogP contribution in [-0.2, 0) is 4.79 Å². The van der Waals surface area contributed by atoms with Crippen molar-refractivity contribution in [3.63, 3.8) is 0 Å². The van der Waals surface area contributed by atoms with Crippen molar-refractivity contribution in [1.29, 1.82) is 0 Å². The molecule has 0 aliphatic heterocycles. The highest BCUT2D eigenvalue weighted by atomic mass is 32.1. The maximum Gasteiger partial charge on any atom is 0.249 e. The van der Waals surface area contributed by atoms with Gasteiger partial charge in [0.05, 0.1) is 6.20 Å². The summed E-state index contributed by atoms with van der Waals surface area (Å²) in [7, 11) is 0. The zero-order chi connectivity index (χ0) is 10.7. The van der Waals surface area contributed by atoms with Crippen LogP contribution in [0.25, 0.3) is 11.5 Å². The molecule has 0 atom stereocenters. The number of hydrogen-bond acceptors (Lipinski definition) is 5. The molecule has 0 aromatic carbocycles. The van der Waals surface area contributed by atoms with Crippen molar-refractivity contribution in [3.05, 3.63) is 30.3 Å². The Morgan fingerprint density at radius 1 is 1.67 bits per heavy atom. The van der Waals surface area contributed by atoms with Gasteiger partial charge in [-0.1, -0.05) is 11.7 Å². The average Bonchev–Trinajstić information content (AvgIpc) is 2.85. The zero-order valence-corrected chi connectivity index (χ0v) is 8.45. The summed E-state index contributed by atoms with van der Waals surface area (Å²) in [6, 6.07) is 1.70. The maximum atomic E-state index is 11.0. The number of hydrogen-bond donors (Lipinski definition) is 1. The molecule has 1 N–H and O–H groups in total. The van der Waals surface area contributed by atoms with E-state index in [0.29, 0.717) is 16.6 Å². The standard InChI is InChI=1S/C9H7N3O2S/c1-2-8(13)12-9-11-6(5-15-9)7-3-4-10-14-7/h2-5H,1H2,(H,11,12,13). The van der Waals surface area contributed by atoms with Gasteiger partial charge >= 0.3 is 0 Å². The van der Waals surface area contributed by atoms with Gasteiger partial charge < -0.3 is 4.52 Å². The van der Waals surface area contributed by atoms with Gasteiger partial charge in [-0.25, -0.2) is 4.98 Å². The molecular formula is C9H7N3O2S. The van der Waals surface area contributed by atoms with Gasteiger partial charge in [0.15, 0.2) is 10.9 Å². The van der Waals surface area contributed by atoms with E-state index in [9.17, 15) is 4.79 Å². The lowest BCUT2D eigenvalue weighted by Crippen LogP contribution is -2.06. The van der Waals surface area contributed by atoms with Crippen molar-refractivity contribution in [2.45, 2.75) is 0 Å². The van der Waals surface area contributed by atoms with E-state index in [1.165, 1.54) is 23.6 Å². The molecular weight excluding hydrogens is 214 g/mol. The molecule has 0 unspecified atom stereocenters. The second kappa shape index (κ2) is 4.05. The van der Waals surface area contributed by atoms with Gasteiger partial charge in [0.1, 0.15) is 5.69 Å². The lowest BCUT2D eigenvalue weighted by molar-refractivity contribution is -0.111. The predicted octanol–water partition coefficient (Wildman–Crippen LogP) is 1.92. The van der Waals surface area contributed by atoms with Crippen LogP contribution in [0.1, 0.15) is 0 Å². The molecule has 0 saturated carbocycles. The zero-order valence-electron chi connectivity index (χ0n) is 7.64. The first-order valence-electron chi connectivity index (χ1n) is 4.09. The van der Waals surface area contributed by atoms with Crippen LogP contribution < -0.4 is 5.32 Å². The number of nitrogens with zero attached hydrogens (tertiary/aromatic N) is 2. The highest BCUT2D eigenvalue weighted by molar-refractivity contribution is 7.14. The van der Waals surface area contributed by atoms with Gasteiger partial charge in [0, 0.05) is 11.4 Å². The second-order valence-electron chi connectivity index (χ2n) is 2.61. The summed E-state index contributed by atoms with van der Waals surface area (Å²) >= 11 is 1.31. The SMILES string of the molecule is C=CC(=O)Nc1nc(-c2ccno2)cs1. The number of nitrogens with one attached hydrogen (secondary N) is 1. The molecule has 2 aromatic rings. The molecule has 0 fully saturated rings. The number of amides is 1. The molecule has 2 heterocycles. The highest BCUT2D eigenvalue weighted by Crippen LogP contribution is 2.24. The quantitative estimate of drug-likeness (QED) is 0.804. The van der Waals surface area contributed by atoms with Crippen LogP contribution in [0.15, 0.2) is 34.8 Å². The molecule has 0 spiro atoms. The number of anilines is 1. The summed E-state index contributed by atoms with van der Waals surface area (Å²) in [6.07, 6.45) is 2.73. The summed E-state index contributed by atoms with van der Waals surface area (Å²) in [5.41, 5.74) is 0.650. The minimum atomic E-state index is -0.284. The molecule has 6 heteroatoms. The Morgan fingerprint density at radius 3 is 3.20 bits per heavy atom. The Labute approximate surface area is 89.4 Å². The fourth-order valence-electron chi connectivity index (χ4n) is 0.949. The van der Waals surface area contributed by atoms with Gasteiger partial charge in [-0.15, -0.1) is 11.3 Å². The molecule has 0 radical (unpaired) electrons. The van der Waals surface area contributed by atoms with Crippen molar-refractivity contribution in [2.75, 3.05) is 5.32 Å². The molecule has 0 bridgehead atoms. The van der Waals surface area contributed by atoms with Gasteiger partial charge in [-0.3, -0.25) is 10.1 Å². The molecule has 5 nitrogen and oxygen atoms in total. The molecule has 1 amide bonds. The fourth-order valence-corrected chi connectivity index (χ4v) is 1.65. The van der Waals surface area contributed by atoms with Crippen LogP contribution in [0.5, 0.6) is 0 Å². The summed E-state index contributed by atoms with van der Waals surface area (Å²) in [4.78, 5) is 15.1. The van der Waals surface area contributed by atoms with Crippen LogP contribution in [-0.4, -0.2) is 16.0 Å². The Kier molecular flexibility index (Phi) is 2.59. The predicted molar refractivity (Wildman–Crippen MR) is 56.4 cm³/mol. The minimum Gasteiger partial charge on any atom is -0.355 e. The number of carbonyl (C=O) groups is 1. The van der Waals surface area contributed by atoms with Crippen LogP contribution >= 0.6 is 11.3 Å². The minimum absolute atomic E-state index is 0.284. The first-order chi connectivity index (χ1) is 7.29. The van der Waals surface area contributed by atoms with Crippen LogP contribution in [0, 0.1) is 0 Å². The molecule has 2 rings (SSSR count). The first-order valence-corrected chi connectivity index (χ1v) is 4.97. The molecule has 0 saturated heterocycles. The van der Waals surface area contributed by atoms with E-state index in [4.69, 9.17) is 4.52 Å². The topological polar surface area (TPSA) is 68.0 Å². The van der Waals surface area contributed by atoms with Gasteiger partial charge in [-0.2, -0.15) is 0 Å². The largest absolute Gasteiger partial charge is 0.355 e. The Bertz CT molecular complexity index is 475. The van der Waals surface area contributed by atoms with E-state index in [1.807, 2.05) is 0 Å². The number of thiazole rings is 1. The Morgan fingerprint density at radius 2 is 2.53 bits per heavy atom. The van der Waals surface area contributed by atoms with Gasteiger partial charge in [0.2, 0.25) is 5.91 Å². The number of aromatic nitrogens is 2. The van der Waals surface area contributed by atoms with Gasteiger partial charge in [-0.05, 0) is 6.08 Å². The smallest absolute Gasteiger partial charge is 0.249 e. The number of carbonyl (C=O) groups excluding carboxylic acids is 1. The van der Waals surface area contributed by atoms with Crippen LogP contribution in [0.2, 0.25) is 0 Å². The molecule has 76 valence electrons. The van der Waals surface area contributed by atoms with Crippen molar-refractivity contribution >= 4 is 22.4 Å². The first kappa shape index (κ1) is 9.60. The van der Waals surface area contributed by atoms with E-state index in [2.05, 4.69) is 22.0 Å². The van der Waals surface area contributed by atoms with Crippen molar-refractivity contribution in [3.8, 4) is 11.5 Å². The van der Waals surface area contributed by atoms with Crippen molar-refractivity contribution in [1.82, 2.24) is 10.1 Å². The molecule has 15 heavy (non-hydrogen) atoms. The third-order valence-electron chi connectivity index (χ3n) is 1.61. The van der Waals surface area contributed by atoms with E-state index < -0.39 is 0 Å².